The molecule has 0 aromatic heterocycles. The number of nitro groups is 1. The van der Waals surface area contributed by atoms with E-state index >= 15 is 0 Å². The first-order valence-corrected chi connectivity index (χ1v) is 5.65. The highest BCUT2D eigenvalue weighted by Crippen LogP contribution is 2.30. The van der Waals surface area contributed by atoms with Gasteiger partial charge in [0.1, 0.15) is 11.5 Å². The average molecular weight is 307 g/mol. The van der Waals surface area contributed by atoms with E-state index in [9.17, 15) is 14.5 Å². The van der Waals surface area contributed by atoms with Crippen LogP contribution in [-0.4, -0.2) is 24.7 Å². The van der Waals surface area contributed by atoms with Crippen LogP contribution in [0.25, 0.3) is 0 Å². The molecule has 0 aliphatic carbocycles. The Labute approximate surface area is 106 Å². The highest BCUT2D eigenvalue weighted by molar-refractivity contribution is 9.10. The number of nitro benzene ring substituents is 1. The standard InChI is InChI=1S/C10H12BrFN2O3/c1-6(17-2)5-13-9-3-7(11)8(12)4-10(9)14(15)16/h3-4,6,13H,5H2,1-2H3. The summed E-state index contributed by atoms with van der Waals surface area (Å²) in [4.78, 5) is 10.1. The maximum Gasteiger partial charge on any atom is 0.295 e. The predicted octanol–water partition coefficient (Wildman–Crippen LogP) is 2.94. The number of ether oxygens (including phenoxy) is 1. The summed E-state index contributed by atoms with van der Waals surface area (Å²) in [5.74, 6) is -0.665. The molecule has 1 aromatic rings. The van der Waals surface area contributed by atoms with Crippen LogP contribution in [0.3, 0.4) is 0 Å². The third-order valence-electron chi connectivity index (χ3n) is 2.22. The van der Waals surface area contributed by atoms with E-state index < -0.39 is 10.7 Å². The van der Waals surface area contributed by atoms with E-state index in [1.807, 2.05) is 6.92 Å². The summed E-state index contributed by atoms with van der Waals surface area (Å²) in [6, 6.07) is 2.22. The van der Waals surface area contributed by atoms with Gasteiger partial charge in [-0.05, 0) is 28.9 Å². The Morgan fingerprint density at radius 3 is 2.82 bits per heavy atom. The minimum Gasteiger partial charge on any atom is -0.380 e. The summed E-state index contributed by atoms with van der Waals surface area (Å²) in [5.41, 5.74) is -0.0406. The first-order valence-electron chi connectivity index (χ1n) is 4.85. The van der Waals surface area contributed by atoms with Gasteiger partial charge in [0.15, 0.2) is 0 Å². The first kappa shape index (κ1) is 13.9. The Kier molecular flexibility index (Phi) is 4.83. The quantitative estimate of drug-likeness (QED) is 0.671. The van der Waals surface area contributed by atoms with Gasteiger partial charge in [0, 0.05) is 13.7 Å². The molecule has 0 bridgehead atoms. The molecule has 0 amide bonds. The van der Waals surface area contributed by atoms with E-state index in [0.29, 0.717) is 6.54 Å². The molecule has 0 aliphatic rings. The van der Waals surface area contributed by atoms with Crippen molar-refractivity contribution in [2.75, 3.05) is 19.0 Å². The molecule has 1 N–H and O–H groups in total. The lowest BCUT2D eigenvalue weighted by atomic mass is 10.2. The van der Waals surface area contributed by atoms with E-state index in [0.717, 1.165) is 6.07 Å². The van der Waals surface area contributed by atoms with Crippen molar-refractivity contribution < 1.29 is 14.1 Å². The molecule has 0 spiro atoms. The van der Waals surface area contributed by atoms with Crippen LogP contribution < -0.4 is 5.32 Å². The van der Waals surface area contributed by atoms with Crippen molar-refractivity contribution in [3.05, 3.63) is 32.5 Å². The Morgan fingerprint density at radius 1 is 1.65 bits per heavy atom. The van der Waals surface area contributed by atoms with Gasteiger partial charge in [0.2, 0.25) is 0 Å². The third-order valence-corrected chi connectivity index (χ3v) is 2.83. The predicted molar refractivity (Wildman–Crippen MR) is 65.7 cm³/mol. The molecule has 17 heavy (non-hydrogen) atoms. The fraction of sp³-hybridized carbons (Fsp3) is 0.400. The molecule has 0 heterocycles. The van der Waals surface area contributed by atoms with E-state index in [-0.39, 0.29) is 22.0 Å². The fourth-order valence-corrected chi connectivity index (χ4v) is 1.51. The smallest absolute Gasteiger partial charge is 0.295 e. The van der Waals surface area contributed by atoms with Crippen molar-refractivity contribution in [1.29, 1.82) is 0 Å². The van der Waals surface area contributed by atoms with Crippen molar-refractivity contribution in [3.8, 4) is 0 Å². The molecule has 5 nitrogen and oxygen atoms in total. The monoisotopic (exact) mass is 306 g/mol. The highest BCUT2D eigenvalue weighted by Gasteiger charge is 2.17. The highest BCUT2D eigenvalue weighted by atomic mass is 79.9. The number of hydrogen-bond acceptors (Lipinski definition) is 4. The Bertz CT molecular complexity index is 428. The van der Waals surface area contributed by atoms with Crippen LogP contribution in [0.5, 0.6) is 0 Å². The summed E-state index contributed by atoms with van der Waals surface area (Å²) >= 11 is 2.98. The van der Waals surface area contributed by atoms with Crippen LogP contribution in [-0.2, 0) is 4.74 Å². The molecule has 0 saturated heterocycles. The number of anilines is 1. The van der Waals surface area contributed by atoms with Crippen molar-refractivity contribution in [3.63, 3.8) is 0 Å². The summed E-state index contributed by atoms with van der Waals surface area (Å²) in [6.45, 7) is 2.22. The summed E-state index contributed by atoms with van der Waals surface area (Å²) in [6.07, 6.45) is -0.0987. The second-order valence-electron chi connectivity index (χ2n) is 3.47. The number of hydrogen-bond donors (Lipinski definition) is 1. The Balaban J connectivity index is 2.96. The number of methoxy groups -OCH3 is 1. The zero-order valence-electron chi connectivity index (χ0n) is 9.37. The Hall–Kier alpha value is -1.21. The first-order chi connectivity index (χ1) is 7.95. The van der Waals surface area contributed by atoms with Crippen LogP contribution in [0.1, 0.15) is 6.92 Å². The van der Waals surface area contributed by atoms with Gasteiger partial charge in [-0.15, -0.1) is 0 Å². The number of benzene rings is 1. The van der Waals surface area contributed by atoms with Crippen molar-refractivity contribution in [1.82, 2.24) is 0 Å². The lowest BCUT2D eigenvalue weighted by molar-refractivity contribution is -0.384. The maximum atomic E-state index is 13.2. The molecule has 0 fully saturated rings. The zero-order chi connectivity index (χ0) is 13.0. The van der Waals surface area contributed by atoms with Crippen molar-refractivity contribution >= 4 is 27.3 Å². The number of nitrogens with one attached hydrogen (secondary N) is 1. The average Bonchev–Trinajstić information content (AvgIpc) is 2.29. The van der Waals surface area contributed by atoms with Crippen LogP contribution in [0.2, 0.25) is 0 Å². The van der Waals surface area contributed by atoms with Gasteiger partial charge in [0.25, 0.3) is 5.69 Å². The molecule has 1 atom stereocenters. The largest absolute Gasteiger partial charge is 0.380 e. The van der Waals surface area contributed by atoms with Crippen LogP contribution in [0, 0.1) is 15.9 Å². The molecule has 0 aliphatic heterocycles. The van der Waals surface area contributed by atoms with Crippen molar-refractivity contribution in [2.24, 2.45) is 0 Å². The van der Waals surface area contributed by atoms with Crippen LogP contribution >= 0.6 is 15.9 Å². The van der Waals surface area contributed by atoms with Gasteiger partial charge in [-0.1, -0.05) is 0 Å². The fourth-order valence-electron chi connectivity index (χ4n) is 1.17. The zero-order valence-corrected chi connectivity index (χ0v) is 11.0. The lowest BCUT2D eigenvalue weighted by Gasteiger charge is -2.12. The molecule has 1 unspecified atom stereocenters. The second-order valence-corrected chi connectivity index (χ2v) is 4.32. The van der Waals surface area contributed by atoms with E-state index in [1.165, 1.54) is 6.07 Å². The minimum atomic E-state index is -0.665. The normalized spacial score (nSPS) is 12.2. The lowest BCUT2D eigenvalue weighted by Crippen LogP contribution is -2.18. The third kappa shape index (κ3) is 3.64. The van der Waals surface area contributed by atoms with Gasteiger partial charge in [-0.3, -0.25) is 10.1 Å². The summed E-state index contributed by atoms with van der Waals surface area (Å²) in [7, 11) is 1.54. The van der Waals surface area contributed by atoms with E-state index in [1.54, 1.807) is 7.11 Å². The molecule has 0 radical (unpaired) electrons. The molecule has 1 rings (SSSR count). The van der Waals surface area contributed by atoms with Crippen LogP contribution in [0.15, 0.2) is 16.6 Å². The van der Waals surface area contributed by atoms with Crippen molar-refractivity contribution in [2.45, 2.75) is 13.0 Å². The number of rotatable bonds is 5. The van der Waals surface area contributed by atoms with Gasteiger partial charge >= 0.3 is 0 Å². The van der Waals surface area contributed by atoms with Gasteiger partial charge in [-0.2, -0.15) is 0 Å². The topological polar surface area (TPSA) is 64.4 Å². The molecule has 1 aromatic carbocycles. The van der Waals surface area contributed by atoms with Crippen LogP contribution in [0.4, 0.5) is 15.8 Å². The van der Waals surface area contributed by atoms with Gasteiger partial charge in [0.05, 0.1) is 21.6 Å². The Morgan fingerprint density at radius 2 is 2.29 bits per heavy atom. The van der Waals surface area contributed by atoms with Gasteiger partial charge in [-0.25, -0.2) is 4.39 Å². The number of nitrogens with zero attached hydrogens (tertiary/aromatic N) is 1. The summed E-state index contributed by atoms with van der Waals surface area (Å²) in [5, 5.41) is 13.6. The summed E-state index contributed by atoms with van der Waals surface area (Å²) < 4.78 is 18.4. The molecule has 94 valence electrons. The van der Waals surface area contributed by atoms with Gasteiger partial charge < -0.3 is 10.1 Å². The SMILES string of the molecule is COC(C)CNc1cc(Br)c(F)cc1[N+](=O)[O-]. The minimum absolute atomic E-state index is 0.0987. The number of halogens is 2. The molecular weight excluding hydrogens is 295 g/mol. The molecule has 7 heteroatoms. The maximum absolute atomic E-state index is 13.2. The van der Waals surface area contributed by atoms with E-state index in [2.05, 4.69) is 21.2 Å². The second kappa shape index (κ2) is 5.92. The molecular formula is C10H12BrFN2O3. The molecule has 0 saturated carbocycles. The van der Waals surface area contributed by atoms with E-state index in [4.69, 9.17) is 4.74 Å².